The molecule has 0 bridgehead atoms. The van der Waals surface area contributed by atoms with Crippen molar-refractivity contribution in [2.24, 2.45) is 5.92 Å². The number of rotatable bonds is 7. The Kier molecular flexibility index (Phi) is 9.05. The summed E-state index contributed by atoms with van der Waals surface area (Å²) in [6.45, 7) is 4.05. The standard InChI is InChI=1S/C35H42N6O8S/c1-21-18-36-41(19-21)31-16-30(27-12-9-24(47-3)14-28(27)37-31)49-25-15-29-32(42)38-35(34(44)39-50(45,46)26-10-11-26)17-23(35)8-6-4-5-7-13-48-22(2)33(43)40(29)20-25/h6,8-9,12,14,16,18-19,22-23,25-26,29H,4-5,7,10-11,13,15,17,20H2,1-3H3,(H,38,42)(H,39,44). The van der Waals surface area contributed by atoms with Gasteiger partial charge < -0.3 is 24.4 Å². The van der Waals surface area contributed by atoms with Crippen molar-refractivity contribution in [2.45, 2.75) is 87.8 Å². The van der Waals surface area contributed by atoms with Crippen LogP contribution in [0.1, 0.15) is 57.4 Å². The van der Waals surface area contributed by atoms with Crippen LogP contribution in [0, 0.1) is 12.8 Å². The van der Waals surface area contributed by atoms with Crippen LogP contribution in [0.3, 0.4) is 0 Å². The monoisotopic (exact) mass is 706 g/mol. The van der Waals surface area contributed by atoms with Gasteiger partial charge in [0.15, 0.2) is 5.82 Å². The third-order valence-corrected chi connectivity index (χ3v) is 11.7. The van der Waals surface area contributed by atoms with Crippen LogP contribution in [0.5, 0.6) is 11.5 Å². The molecule has 4 aliphatic rings. The molecule has 5 unspecified atom stereocenters. The maximum absolute atomic E-state index is 14.2. The Morgan fingerprint density at radius 1 is 1.18 bits per heavy atom. The number of aromatic nitrogens is 3. The lowest BCUT2D eigenvalue weighted by Gasteiger charge is -2.28. The van der Waals surface area contributed by atoms with Crippen LogP contribution in [0.2, 0.25) is 0 Å². The minimum absolute atomic E-state index is 0.0827. The predicted molar refractivity (Wildman–Crippen MR) is 182 cm³/mol. The fourth-order valence-electron chi connectivity index (χ4n) is 6.75. The fourth-order valence-corrected chi connectivity index (χ4v) is 8.12. The van der Waals surface area contributed by atoms with E-state index in [-0.39, 0.29) is 31.2 Å². The van der Waals surface area contributed by atoms with E-state index < -0.39 is 50.9 Å². The Hall–Kier alpha value is -4.50. The quantitative estimate of drug-likeness (QED) is 0.348. The average Bonchev–Trinajstić information content (AvgIpc) is 3.98. The molecule has 2 aliphatic heterocycles. The van der Waals surface area contributed by atoms with Gasteiger partial charge in [0.1, 0.15) is 35.3 Å². The normalized spacial score (nSPS) is 27.5. The number of aryl methyl sites for hydroxylation is 1. The lowest BCUT2D eigenvalue weighted by atomic mass is 10.1. The number of ether oxygens (including phenoxy) is 3. The summed E-state index contributed by atoms with van der Waals surface area (Å²) >= 11 is 0. The van der Waals surface area contributed by atoms with Crippen molar-refractivity contribution in [2.75, 3.05) is 20.3 Å². The minimum atomic E-state index is -3.85. The van der Waals surface area contributed by atoms with Crippen LogP contribution in [0.15, 0.2) is 48.8 Å². The molecular weight excluding hydrogens is 664 g/mol. The largest absolute Gasteiger partial charge is 0.497 e. The molecule has 4 heterocycles. The molecule has 2 aromatic heterocycles. The summed E-state index contributed by atoms with van der Waals surface area (Å²) < 4.78 is 47.3. The molecule has 2 aliphatic carbocycles. The number of carbonyl (C=O) groups excluding carboxylic acids is 3. The predicted octanol–water partition coefficient (Wildman–Crippen LogP) is 2.71. The number of amides is 3. The zero-order valence-electron chi connectivity index (χ0n) is 28.3. The van der Waals surface area contributed by atoms with Gasteiger partial charge in [0, 0.05) is 42.7 Å². The third-order valence-electron chi connectivity index (χ3n) is 9.87. The lowest BCUT2D eigenvalue weighted by molar-refractivity contribution is -0.147. The SMILES string of the molecule is COc1ccc2c(OC3CC4C(=O)NC5(C(=O)NS(=O)(=O)C6CC6)CC5C=CCCCCOC(C)C(=O)N4C3)cc(-n3cc(C)cn3)nc2c1. The number of carbonyl (C=O) groups is 3. The summed E-state index contributed by atoms with van der Waals surface area (Å²) in [5, 5.41) is 7.41. The maximum Gasteiger partial charge on any atom is 0.259 e. The van der Waals surface area contributed by atoms with E-state index in [1.54, 1.807) is 43.1 Å². The van der Waals surface area contributed by atoms with Gasteiger partial charge in [-0.2, -0.15) is 5.10 Å². The van der Waals surface area contributed by atoms with Crippen molar-refractivity contribution in [3.63, 3.8) is 0 Å². The van der Waals surface area contributed by atoms with E-state index >= 15 is 0 Å². The average molecular weight is 707 g/mol. The van der Waals surface area contributed by atoms with Gasteiger partial charge in [-0.15, -0.1) is 0 Å². The van der Waals surface area contributed by atoms with Crippen molar-refractivity contribution in [3.8, 4) is 17.3 Å². The van der Waals surface area contributed by atoms with Crippen molar-refractivity contribution in [3.05, 3.63) is 54.4 Å². The number of hydrogen-bond acceptors (Lipinski definition) is 10. The molecule has 3 amide bonds. The number of hydrogen-bond donors (Lipinski definition) is 2. The van der Waals surface area contributed by atoms with Gasteiger partial charge in [-0.1, -0.05) is 12.2 Å². The van der Waals surface area contributed by atoms with Crippen molar-refractivity contribution < 1.29 is 37.0 Å². The van der Waals surface area contributed by atoms with E-state index in [2.05, 4.69) is 15.1 Å². The van der Waals surface area contributed by atoms with Crippen LogP contribution in [0.4, 0.5) is 0 Å². The lowest BCUT2D eigenvalue weighted by Crippen LogP contribution is -2.57. The van der Waals surface area contributed by atoms with E-state index in [0.29, 0.717) is 47.7 Å². The summed E-state index contributed by atoms with van der Waals surface area (Å²) in [6, 6.07) is 6.21. The Labute approximate surface area is 290 Å². The number of pyridine rings is 1. The van der Waals surface area contributed by atoms with E-state index in [1.165, 1.54) is 4.90 Å². The number of benzene rings is 1. The van der Waals surface area contributed by atoms with Gasteiger partial charge in [-0.25, -0.2) is 18.1 Å². The molecule has 14 nitrogen and oxygen atoms in total. The van der Waals surface area contributed by atoms with Gasteiger partial charge in [-0.05, 0) is 70.1 Å². The first kappa shape index (κ1) is 34.0. The summed E-state index contributed by atoms with van der Waals surface area (Å²) in [5.41, 5.74) is 0.115. The summed E-state index contributed by atoms with van der Waals surface area (Å²) in [4.78, 5) is 47.9. The van der Waals surface area contributed by atoms with Crippen LogP contribution in [-0.4, -0.2) is 95.1 Å². The topological polar surface area (TPSA) is 171 Å². The highest BCUT2D eigenvalue weighted by atomic mass is 32.2. The second kappa shape index (κ2) is 13.3. The third kappa shape index (κ3) is 6.80. The van der Waals surface area contributed by atoms with Gasteiger partial charge in [0.05, 0.1) is 30.6 Å². The first-order chi connectivity index (χ1) is 24.0. The number of methoxy groups -OCH3 is 1. The van der Waals surface area contributed by atoms with Crippen LogP contribution >= 0.6 is 0 Å². The van der Waals surface area contributed by atoms with Gasteiger partial charge >= 0.3 is 0 Å². The molecule has 2 saturated carbocycles. The molecule has 266 valence electrons. The first-order valence-electron chi connectivity index (χ1n) is 17.1. The minimum Gasteiger partial charge on any atom is -0.497 e. The van der Waals surface area contributed by atoms with E-state index in [1.807, 2.05) is 31.3 Å². The zero-order valence-corrected chi connectivity index (χ0v) is 29.1. The Balaban J connectivity index is 1.19. The van der Waals surface area contributed by atoms with Crippen LogP contribution in [-0.2, 0) is 29.1 Å². The van der Waals surface area contributed by atoms with Gasteiger partial charge in [-0.3, -0.25) is 19.1 Å². The van der Waals surface area contributed by atoms with Crippen LogP contribution in [0.25, 0.3) is 16.7 Å². The highest BCUT2D eigenvalue weighted by Crippen LogP contribution is 2.46. The van der Waals surface area contributed by atoms with Gasteiger partial charge in [0.2, 0.25) is 15.9 Å². The smallest absolute Gasteiger partial charge is 0.259 e. The second-order valence-corrected chi connectivity index (χ2v) is 15.7. The highest BCUT2D eigenvalue weighted by Gasteiger charge is 2.62. The Morgan fingerprint density at radius 2 is 2.00 bits per heavy atom. The molecule has 1 saturated heterocycles. The molecule has 7 rings (SSSR count). The number of sulfonamides is 1. The number of allylic oxidation sites excluding steroid dienone is 1. The van der Waals surface area contributed by atoms with Crippen molar-refractivity contribution in [1.82, 2.24) is 29.7 Å². The highest BCUT2D eigenvalue weighted by molar-refractivity contribution is 7.91. The Bertz CT molecular complexity index is 1960. The van der Waals surface area contributed by atoms with E-state index in [0.717, 1.165) is 24.8 Å². The molecule has 0 radical (unpaired) electrons. The Morgan fingerprint density at radius 3 is 2.74 bits per heavy atom. The number of nitrogens with zero attached hydrogens (tertiary/aromatic N) is 4. The van der Waals surface area contributed by atoms with E-state index in [9.17, 15) is 22.8 Å². The summed E-state index contributed by atoms with van der Waals surface area (Å²) in [7, 11) is -2.27. The zero-order chi connectivity index (χ0) is 35.2. The molecule has 5 atom stereocenters. The first-order valence-corrected chi connectivity index (χ1v) is 18.7. The van der Waals surface area contributed by atoms with E-state index in [4.69, 9.17) is 19.2 Å². The molecular formula is C35H42N6O8S. The molecule has 3 fully saturated rings. The summed E-state index contributed by atoms with van der Waals surface area (Å²) in [5.74, 6) is -0.454. The van der Waals surface area contributed by atoms with Gasteiger partial charge in [0.25, 0.3) is 11.8 Å². The molecule has 50 heavy (non-hydrogen) atoms. The number of fused-ring (bicyclic) bond motifs is 3. The summed E-state index contributed by atoms with van der Waals surface area (Å²) in [6.07, 6.45) is 9.58. The molecule has 3 aromatic rings. The number of nitrogens with one attached hydrogen (secondary N) is 2. The van der Waals surface area contributed by atoms with Crippen LogP contribution < -0.4 is 19.5 Å². The molecule has 2 N–H and O–H groups in total. The molecule has 0 spiro atoms. The molecule has 1 aromatic carbocycles. The van der Waals surface area contributed by atoms with Crippen molar-refractivity contribution >= 4 is 38.6 Å². The maximum atomic E-state index is 14.2. The van der Waals surface area contributed by atoms with Crippen molar-refractivity contribution in [1.29, 1.82) is 0 Å². The molecule has 15 heteroatoms. The second-order valence-electron chi connectivity index (χ2n) is 13.7. The fraction of sp³-hybridized carbons (Fsp3) is 0.514.